The maximum atomic E-state index is 12.4. The Morgan fingerprint density at radius 2 is 1.71 bits per heavy atom. The van der Waals surface area contributed by atoms with Crippen LogP contribution in [0.3, 0.4) is 0 Å². The van der Waals surface area contributed by atoms with Crippen molar-refractivity contribution >= 4 is 40.7 Å². The molecule has 8 heteroatoms. The number of methoxy groups -OCH3 is 1. The summed E-state index contributed by atoms with van der Waals surface area (Å²) in [5.74, 6) is 0.190. The number of nitrogens with one attached hydrogen (secondary N) is 1. The number of ether oxygens (including phenoxy) is 1. The van der Waals surface area contributed by atoms with Crippen molar-refractivity contribution in [3.63, 3.8) is 0 Å². The Morgan fingerprint density at radius 3 is 2.36 bits per heavy atom. The maximum absolute atomic E-state index is 12.4. The van der Waals surface area contributed by atoms with Crippen LogP contribution in [-0.4, -0.2) is 55.9 Å². The van der Waals surface area contributed by atoms with Gasteiger partial charge in [0.1, 0.15) is 5.75 Å². The fourth-order valence-corrected chi connectivity index (χ4v) is 3.20. The van der Waals surface area contributed by atoms with E-state index in [4.69, 9.17) is 27.9 Å². The van der Waals surface area contributed by atoms with Gasteiger partial charge in [-0.25, -0.2) is 0 Å². The second kappa shape index (κ2) is 10.3. The average Bonchev–Trinajstić information content (AvgIpc) is 2.60. The number of benzene rings is 2. The third kappa shape index (κ3) is 7.03. The van der Waals surface area contributed by atoms with Crippen molar-refractivity contribution in [1.82, 2.24) is 9.80 Å². The number of likely N-dealkylation sites (N-methyl/N-ethyl adjacent to an activating group) is 2. The fourth-order valence-electron chi connectivity index (χ4n) is 2.63. The molecule has 2 amide bonds. The first kappa shape index (κ1) is 22.0. The van der Waals surface area contributed by atoms with Gasteiger partial charge >= 0.3 is 0 Å². The number of carbonyl (C=O) groups is 2. The van der Waals surface area contributed by atoms with E-state index in [0.29, 0.717) is 28.0 Å². The van der Waals surface area contributed by atoms with Gasteiger partial charge in [0.2, 0.25) is 11.8 Å². The Balaban J connectivity index is 1.84. The Hall–Kier alpha value is -2.28. The summed E-state index contributed by atoms with van der Waals surface area (Å²) in [5, 5.41) is 3.85. The number of anilines is 1. The lowest BCUT2D eigenvalue weighted by Crippen LogP contribution is -2.40. The molecule has 0 heterocycles. The third-order valence-electron chi connectivity index (χ3n) is 3.94. The molecule has 2 rings (SSSR count). The quantitative estimate of drug-likeness (QED) is 0.705. The molecule has 6 nitrogen and oxygen atoms in total. The highest BCUT2D eigenvalue weighted by Crippen LogP contribution is 2.20. The second-order valence-corrected chi connectivity index (χ2v) is 7.35. The number of hydrogen-bond donors (Lipinski definition) is 1. The maximum Gasteiger partial charge on any atom is 0.243 e. The summed E-state index contributed by atoms with van der Waals surface area (Å²) in [7, 11) is 4.97. The summed E-state index contributed by atoms with van der Waals surface area (Å²) in [6, 6.07) is 12.3. The lowest BCUT2D eigenvalue weighted by molar-refractivity contribution is -0.134. The molecule has 0 atom stereocenters. The van der Waals surface area contributed by atoms with Gasteiger partial charge in [-0.1, -0.05) is 29.3 Å². The lowest BCUT2D eigenvalue weighted by Gasteiger charge is -2.22. The van der Waals surface area contributed by atoms with E-state index in [1.165, 1.54) is 4.90 Å². The molecule has 0 spiro atoms. The van der Waals surface area contributed by atoms with E-state index in [2.05, 4.69) is 5.32 Å². The monoisotopic (exact) mass is 423 g/mol. The number of hydrogen-bond acceptors (Lipinski definition) is 4. The van der Waals surface area contributed by atoms with Crippen molar-refractivity contribution < 1.29 is 14.3 Å². The van der Waals surface area contributed by atoms with Crippen molar-refractivity contribution in [2.24, 2.45) is 0 Å². The number of rotatable bonds is 8. The number of nitrogens with zero attached hydrogens (tertiary/aromatic N) is 2. The van der Waals surface area contributed by atoms with E-state index in [-0.39, 0.29) is 24.9 Å². The first-order chi connectivity index (χ1) is 13.3. The molecule has 0 aliphatic carbocycles. The van der Waals surface area contributed by atoms with Crippen LogP contribution in [-0.2, 0) is 16.1 Å². The second-order valence-electron chi connectivity index (χ2n) is 6.48. The molecular formula is C20H23Cl2N3O3. The van der Waals surface area contributed by atoms with Crippen molar-refractivity contribution in [2.75, 3.05) is 39.6 Å². The minimum absolute atomic E-state index is 0.0487. The first-order valence-corrected chi connectivity index (χ1v) is 9.34. The molecule has 0 saturated carbocycles. The molecule has 28 heavy (non-hydrogen) atoms. The number of amides is 2. The molecule has 0 aliphatic rings. The predicted molar refractivity (Wildman–Crippen MR) is 112 cm³/mol. The summed E-state index contributed by atoms with van der Waals surface area (Å²) < 4.78 is 5.13. The molecule has 0 fully saturated rings. The van der Waals surface area contributed by atoms with E-state index >= 15 is 0 Å². The highest BCUT2D eigenvalue weighted by molar-refractivity contribution is 6.34. The molecular weight excluding hydrogens is 401 g/mol. The first-order valence-electron chi connectivity index (χ1n) is 8.58. The summed E-state index contributed by atoms with van der Waals surface area (Å²) in [6.45, 7) is 0.621. The summed E-state index contributed by atoms with van der Waals surface area (Å²) in [6.07, 6.45) is 0. The topological polar surface area (TPSA) is 61.9 Å². The predicted octanol–water partition coefficient (Wildman–Crippen LogP) is 3.53. The minimum Gasteiger partial charge on any atom is -0.497 e. The van der Waals surface area contributed by atoms with Gasteiger partial charge in [0, 0.05) is 35.4 Å². The zero-order chi connectivity index (χ0) is 20.7. The largest absolute Gasteiger partial charge is 0.497 e. The zero-order valence-corrected chi connectivity index (χ0v) is 17.5. The van der Waals surface area contributed by atoms with E-state index in [9.17, 15) is 9.59 Å². The van der Waals surface area contributed by atoms with Crippen LogP contribution in [0.1, 0.15) is 5.56 Å². The van der Waals surface area contributed by atoms with Gasteiger partial charge in [-0.3, -0.25) is 14.5 Å². The summed E-state index contributed by atoms with van der Waals surface area (Å²) in [5.41, 5.74) is 1.52. The Bertz CT molecular complexity index is 825. The van der Waals surface area contributed by atoms with Gasteiger partial charge in [-0.05, 0) is 42.9 Å². The molecule has 2 aromatic rings. The Labute approximate surface area is 175 Å². The van der Waals surface area contributed by atoms with Gasteiger partial charge in [0.15, 0.2) is 0 Å². The third-order valence-corrected chi connectivity index (χ3v) is 4.38. The molecule has 0 aliphatic heterocycles. The van der Waals surface area contributed by atoms with Crippen molar-refractivity contribution in [1.29, 1.82) is 0 Å². The van der Waals surface area contributed by atoms with E-state index in [1.807, 2.05) is 11.9 Å². The van der Waals surface area contributed by atoms with Gasteiger partial charge in [0.25, 0.3) is 0 Å². The van der Waals surface area contributed by atoms with Crippen LogP contribution in [0, 0.1) is 0 Å². The smallest absolute Gasteiger partial charge is 0.243 e. The van der Waals surface area contributed by atoms with Crippen LogP contribution < -0.4 is 10.1 Å². The van der Waals surface area contributed by atoms with E-state index in [1.54, 1.807) is 56.6 Å². The van der Waals surface area contributed by atoms with Gasteiger partial charge < -0.3 is 15.0 Å². The average molecular weight is 424 g/mol. The van der Waals surface area contributed by atoms with Crippen LogP contribution >= 0.6 is 23.2 Å². The van der Waals surface area contributed by atoms with E-state index in [0.717, 1.165) is 5.56 Å². The molecule has 0 saturated heterocycles. The lowest BCUT2D eigenvalue weighted by atomic mass is 10.2. The van der Waals surface area contributed by atoms with Crippen LogP contribution in [0.2, 0.25) is 10.0 Å². The SMILES string of the molecule is COc1cccc(NC(=O)CN(C)C(=O)CN(C)Cc2cc(Cl)cc(Cl)c2)c1. The van der Waals surface area contributed by atoms with Gasteiger partial charge in [0.05, 0.1) is 20.2 Å². The summed E-state index contributed by atoms with van der Waals surface area (Å²) >= 11 is 12.0. The van der Waals surface area contributed by atoms with Crippen molar-refractivity contribution in [3.8, 4) is 5.75 Å². The molecule has 0 radical (unpaired) electrons. The summed E-state index contributed by atoms with van der Waals surface area (Å²) in [4.78, 5) is 27.8. The molecule has 1 N–H and O–H groups in total. The zero-order valence-electron chi connectivity index (χ0n) is 16.0. The van der Waals surface area contributed by atoms with Crippen LogP contribution in [0.15, 0.2) is 42.5 Å². The van der Waals surface area contributed by atoms with Gasteiger partial charge in [-0.15, -0.1) is 0 Å². The Morgan fingerprint density at radius 1 is 1.04 bits per heavy atom. The highest BCUT2D eigenvalue weighted by Gasteiger charge is 2.15. The molecule has 0 bridgehead atoms. The molecule has 150 valence electrons. The fraction of sp³-hybridized carbons (Fsp3) is 0.300. The molecule has 0 aromatic heterocycles. The standard InChI is InChI=1S/C20H23Cl2N3O3/c1-24(11-14-7-15(21)9-16(22)8-14)13-20(27)25(2)12-19(26)23-17-5-4-6-18(10-17)28-3/h4-10H,11-13H2,1-3H3,(H,23,26). The highest BCUT2D eigenvalue weighted by atomic mass is 35.5. The van der Waals surface area contributed by atoms with Crippen LogP contribution in [0.25, 0.3) is 0 Å². The molecule has 0 unspecified atom stereocenters. The molecule has 2 aromatic carbocycles. The van der Waals surface area contributed by atoms with E-state index < -0.39 is 0 Å². The minimum atomic E-state index is -0.284. The van der Waals surface area contributed by atoms with Crippen LogP contribution in [0.5, 0.6) is 5.75 Å². The number of halogens is 2. The van der Waals surface area contributed by atoms with Crippen molar-refractivity contribution in [2.45, 2.75) is 6.54 Å². The van der Waals surface area contributed by atoms with Crippen molar-refractivity contribution in [3.05, 3.63) is 58.1 Å². The Kier molecular flexibility index (Phi) is 8.11. The normalized spacial score (nSPS) is 10.6. The number of carbonyl (C=O) groups excluding carboxylic acids is 2. The van der Waals surface area contributed by atoms with Gasteiger partial charge in [-0.2, -0.15) is 0 Å². The van der Waals surface area contributed by atoms with Crippen LogP contribution in [0.4, 0.5) is 5.69 Å².